The van der Waals surface area contributed by atoms with E-state index in [-0.39, 0.29) is 11.3 Å². The second-order valence-corrected chi connectivity index (χ2v) is 7.72. The number of ketones is 1. The van der Waals surface area contributed by atoms with E-state index in [0.29, 0.717) is 37.3 Å². The van der Waals surface area contributed by atoms with E-state index in [9.17, 15) is 19.1 Å². The van der Waals surface area contributed by atoms with Gasteiger partial charge in [0.25, 0.3) is 11.7 Å². The minimum Gasteiger partial charge on any atom is -0.507 e. The zero-order valence-electron chi connectivity index (χ0n) is 17.2. The molecule has 0 aliphatic carbocycles. The summed E-state index contributed by atoms with van der Waals surface area (Å²) in [7, 11) is 0. The molecule has 2 saturated heterocycles. The van der Waals surface area contributed by atoms with Crippen molar-refractivity contribution >= 4 is 17.4 Å². The average Bonchev–Trinajstić information content (AvgIpc) is 3.05. The molecule has 1 atom stereocenters. The third-order valence-electron chi connectivity index (χ3n) is 5.75. The van der Waals surface area contributed by atoms with Crippen LogP contribution in [0.25, 0.3) is 5.76 Å². The molecular formula is C24H25FN2O4. The molecule has 162 valence electrons. The number of likely N-dealkylation sites (tertiary alicyclic amines) is 1. The van der Waals surface area contributed by atoms with E-state index in [1.54, 1.807) is 42.5 Å². The van der Waals surface area contributed by atoms with Crippen LogP contribution in [-0.2, 0) is 14.3 Å². The van der Waals surface area contributed by atoms with Gasteiger partial charge in [-0.05, 0) is 24.1 Å². The average molecular weight is 424 g/mol. The summed E-state index contributed by atoms with van der Waals surface area (Å²) in [5.41, 5.74) is 1.08. The Morgan fingerprint density at radius 1 is 1.00 bits per heavy atom. The van der Waals surface area contributed by atoms with Crippen LogP contribution >= 0.6 is 0 Å². The van der Waals surface area contributed by atoms with Crippen LogP contribution in [0.4, 0.5) is 4.39 Å². The number of hydrogen-bond donors (Lipinski definition) is 1. The van der Waals surface area contributed by atoms with Gasteiger partial charge >= 0.3 is 0 Å². The van der Waals surface area contributed by atoms with Crippen LogP contribution in [0, 0.1) is 5.82 Å². The molecule has 6 nitrogen and oxygen atoms in total. The number of amides is 1. The highest BCUT2D eigenvalue weighted by atomic mass is 19.1. The fraction of sp³-hybridized carbons (Fsp3) is 0.333. The molecule has 2 aliphatic rings. The normalized spacial score (nSPS) is 21.6. The van der Waals surface area contributed by atoms with E-state index in [1.165, 1.54) is 17.0 Å². The first-order valence-electron chi connectivity index (χ1n) is 10.5. The molecule has 2 heterocycles. The van der Waals surface area contributed by atoms with Crippen LogP contribution in [0.5, 0.6) is 0 Å². The molecular weight excluding hydrogens is 399 g/mol. The Morgan fingerprint density at radius 2 is 1.68 bits per heavy atom. The quantitative estimate of drug-likeness (QED) is 0.439. The standard InChI is InChI=1S/C24H25FN2O4/c25-19-9-7-17(8-10-19)21-20(22(28)18-5-2-1-3-6-18)23(29)24(30)27(21)12-4-11-26-13-15-31-16-14-26/h1-3,5-10,21,28H,4,11-16H2. The van der Waals surface area contributed by atoms with Gasteiger partial charge in [0.05, 0.1) is 24.8 Å². The first-order chi connectivity index (χ1) is 15.1. The Kier molecular flexibility index (Phi) is 6.44. The van der Waals surface area contributed by atoms with Crippen LogP contribution in [0.15, 0.2) is 60.2 Å². The number of aliphatic hydroxyl groups excluding tert-OH is 1. The van der Waals surface area contributed by atoms with E-state index >= 15 is 0 Å². The summed E-state index contributed by atoms with van der Waals surface area (Å²) in [5.74, 6) is -1.99. The fourth-order valence-corrected chi connectivity index (χ4v) is 4.14. The summed E-state index contributed by atoms with van der Waals surface area (Å²) in [6, 6.07) is 13.6. The summed E-state index contributed by atoms with van der Waals surface area (Å²) >= 11 is 0. The molecule has 1 N–H and O–H groups in total. The van der Waals surface area contributed by atoms with Crippen LogP contribution in [0.1, 0.15) is 23.6 Å². The molecule has 2 aromatic rings. The minimum atomic E-state index is -0.759. The Balaban J connectivity index is 1.65. The van der Waals surface area contributed by atoms with Gasteiger partial charge in [-0.25, -0.2) is 4.39 Å². The lowest BCUT2D eigenvalue weighted by atomic mass is 9.95. The highest BCUT2D eigenvalue weighted by Gasteiger charge is 2.45. The van der Waals surface area contributed by atoms with E-state index in [2.05, 4.69) is 4.90 Å². The smallest absolute Gasteiger partial charge is 0.295 e. The van der Waals surface area contributed by atoms with Gasteiger partial charge in [-0.15, -0.1) is 0 Å². The molecule has 31 heavy (non-hydrogen) atoms. The Bertz CT molecular complexity index is 969. The molecule has 2 fully saturated rings. The van der Waals surface area contributed by atoms with Gasteiger partial charge in [0.1, 0.15) is 11.6 Å². The molecule has 0 spiro atoms. The Labute approximate surface area is 180 Å². The van der Waals surface area contributed by atoms with Gasteiger partial charge in [0, 0.05) is 31.7 Å². The maximum Gasteiger partial charge on any atom is 0.295 e. The summed E-state index contributed by atoms with van der Waals surface area (Å²) in [5, 5.41) is 10.9. The maximum absolute atomic E-state index is 13.5. The third-order valence-corrected chi connectivity index (χ3v) is 5.75. The lowest BCUT2D eigenvalue weighted by Crippen LogP contribution is -2.38. The van der Waals surface area contributed by atoms with Crippen molar-refractivity contribution in [2.75, 3.05) is 39.4 Å². The number of rotatable bonds is 6. The number of Topliss-reactive ketones (excluding diaryl/α,β-unsaturated/α-hetero) is 1. The number of carbonyl (C=O) groups is 2. The molecule has 1 unspecified atom stereocenters. The number of nitrogens with zero attached hydrogens (tertiary/aromatic N) is 2. The number of aliphatic hydroxyl groups is 1. The highest BCUT2D eigenvalue weighted by Crippen LogP contribution is 2.39. The first kappa shape index (κ1) is 21.2. The third kappa shape index (κ3) is 4.52. The van der Waals surface area contributed by atoms with Crippen molar-refractivity contribution in [2.24, 2.45) is 0 Å². The van der Waals surface area contributed by atoms with Gasteiger partial charge < -0.3 is 14.7 Å². The van der Waals surface area contributed by atoms with Crippen molar-refractivity contribution in [3.8, 4) is 0 Å². The van der Waals surface area contributed by atoms with E-state index < -0.39 is 23.5 Å². The number of benzene rings is 2. The number of halogens is 1. The predicted octanol–water partition coefficient (Wildman–Crippen LogP) is 2.97. The molecule has 2 aliphatic heterocycles. The highest BCUT2D eigenvalue weighted by molar-refractivity contribution is 6.46. The number of carbonyl (C=O) groups excluding carboxylic acids is 2. The molecule has 1 amide bonds. The van der Waals surface area contributed by atoms with Gasteiger partial charge in [0.2, 0.25) is 0 Å². The Morgan fingerprint density at radius 3 is 2.35 bits per heavy atom. The number of ether oxygens (including phenoxy) is 1. The van der Waals surface area contributed by atoms with E-state index in [4.69, 9.17) is 4.74 Å². The second kappa shape index (κ2) is 9.41. The van der Waals surface area contributed by atoms with Crippen molar-refractivity contribution in [3.05, 3.63) is 77.1 Å². The summed E-state index contributed by atoms with van der Waals surface area (Å²) in [6.45, 7) is 4.20. The van der Waals surface area contributed by atoms with Crippen LogP contribution < -0.4 is 0 Å². The molecule has 0 bridgehead atoms. The summed E-state index contributed by atoms with van der Waals surface area (Å²) in [4.78, 5) is 29.6. The molecule has 2 aromatic carbocycles. The number of morpholine rings is 1. The zero-order chi connectivity index (χ0) is 21.8. The fourth-order valence-electron chi connectivity index (χ4n) is 4.14. The van der Waals surface area contributed by atoms with Crippen LogP contribution in [0.2, 0.25) is 0 Å². The first-order valence-corrected chi connectivity index (χ1v) is 10.5. The lowest BCUT2D eigenvalue weighted by molar-refractivity contribution is -0.140. The van der Waals surface area contributed by atoms with Crippen molar-refractivity contribution in [1.82, 2.24) is 9.80 Å². The SMILES string of the molecule is O=C1C(=O)N(CCCN2CCOCC2)C(c2ccc(F)cc2)C1=C(O)c1ccccc1. The Hall–Kier alpha value is -3.03. The molecule has 0 radical (unpaired) electrons. The molecule has 0 saturated carbocycles. The van der Waals surface area contributed by atoms with Crippen LogP contribution in [0.3, 0.4) is 0 Å². The van der Waals surface area contributed by atoms with Crippen molar-refractivity contribution in [3.63, 3.8) is 0 Å². The zero-order valence-corrected chi connectivity index (χ0v) is 17.2. The summed E-state index contributed by atoms with van der Waals surface area (Å²) < 4.78 is 18.9. The van der Waals surface area contributed by atoms with Gasteiger partial charge in [-0.1, -0.05) is 42.5 Å². The van der Waals surface area contributed by atoms with Crippen LogP contribution in [-0.4, -0.2) is 66.0 Å². The van der Waals surface area contributed by atoms with Gasteiger partial charge in [-0.2, -0.15) is 0 Å². The van der Waals surface area contributed by atoms with Crippen molar-refractivity contribution in [1.29, 1.82) is 0 Å². The van der Waals surface area contributed by atoms with Gasteiger partial charge in [-0.3, -0.25) is 14.5 Å². The van der Waals surface area contributed by atoms with E-state index in [1.807, 2.05) is 0 Å². The van der Waals surface area contributed by atoms with Crippen molar-refractivity contribution < 1.29 is 23.8 Å². The van der Waals surface area contributed by atoms with Crippen molar-refractivity contribution in [2.45, 2.75) is 12.5 Å². The largest absolute Gasteiger partial charge is 0.507 e. The second-order valence-electron chi connectivity index (χ2n) is 7.72. The molecule has 0 aromatic heterocycles. The topological polar surface area (TPSA) is 70.1 Å². The lowest BCUT2D eigenvalue weighted by Gasteiger charge is -2.29. The maximum atomic E-state index is 13.5. The van der Waals surface area contributed by atoms with E-state index in [0.717, 1.165) is 19.6 Å². The molecule has 7 heteroatoms. The van der Waals surface area contributed by atoms with Gasteiger partial charge in [0.15, 0.2) is 0 Å². The number of hydrogen-bond acceptors (Lipinski definition) is 5. The monoisotopic (exact) mass is 424 g/mol. The molecule has 4 rings (SSSR count). The minimum absolute atomic E-state index is 0.0363. The predicted molar refractivity (Wildman–Crippen MR) is 114 cm³/mol. The summed E-state index contributed by atoms with van der Waals surface area (Å²) in [6.07, 6.45) is 0.677.